The summed E-state index contributed by atoms with van der Waals surface area (Å²) in [5, 5.41) is 8.32. The molecule has 0 amide bonds. The van der Waals surface area contributed by atoms with E-state index in [4.69, 9.17) is 14.6 Å². The summed E-state index contributed by atoms with van der Waals surface area (Å²) >= 11 is 0. The summed E-state index contributed by atoms with van der Waals surface area (Å²) in [5.41, 5.74) is 0. The van der Waals surface area contributed by atoms with E-state index in [1.165, 1.54) is 0 Å². The topological polar surface area (TPSA) is 65.0 Å². The normalized spacial score (nSPS) is 12.4. The number of carboxylic acid groups (broad SMARTS) is 1. The second-order valence-corrected chi connectivity index (χ2v) is 3.44. The van der Waals surface area contributed by atoms with Crippen molar-refractivity contribution in [2.24, 2.45) is 0 Å². The smallest absolute Gasteiger partial charge is 0.450 e. The third-order valence-corrected chi connectivity index (χ3v) is 2.07. The highest BCUT2D eigenvalue weighted by atomic mass is 16.7. The van der Waals surface area contributed by atoms with Crippen molar-refractivity contribution in [2.75, 3.05) is 26.4 Å². The van der Waals surface area contributed by atoms with Gasteiger partial charge in [-0.25, -0.2) is 4.79 Å². The van der Waals surface area contributed by atoms with Gasteiger partial charge in [-0.1, -0.05) is 20.3 Å². The SMILES string of the molecule is CCCCOCCOC(CC)COC(=O)O. The Morgan fingerprint density at radius 2 is 2.00 bits per heavy atom. The number of ether oxygens (including phenoxy) is 3. The van der Waals surface area contributed by atoms with E-state index in [1.807, 2.05) is 6.92 Å². The van der Waals surface area contributed by atoms with Crippen molar-refractivity contribution in [2.45, 2.75) is 39.2 Å². The molecular formula is C11H22O5. The molecule has 1 N–H and O–H groups in total. The molecule has 0 saturated carbocycles. The van der Waals surface area contributed by atoms with Crippen molar-refractivity contribution in [3.63, 3.8) is 0 Å². The Labute approximate surface area is 96.7 Å². The Balaban J connectivity index is 3.37. The van der Waals surface area contributed by atoms with Crippen molar-refractivity contribution in [3.05, 3.63) is 0 Å². The van der Waals surface area contributed by atoms with Crippen LogP contribution < -0.4 is 0 Å². The molecule has 5 nitrogen and oxygen atoms in total. The summed E-state index contributed by atoms with van der Waals surface area (Å²) in [5.74, 6) is 0. The Bertz CT molecular complexity index is 172. The molecule has 1 atom stereocenters. The van der Waals surface area contributed by atoms with Crippen LogP contribution in [0.2, 0.25) is 0 Å². The van der Waals surface area contributed by atoms with Gasteiger partial charge in [-0.3, -0.25) is 0 Å². The molecule has 0 aromatic heterocycles. The summed E-state index contributed by atoms with van der Waals surface area (Å²) in [7, 11) is 0. The third-order valence-electron chi connectivity index (χ3n) is 2.07. The average molecular weight is 234 g/mol. The van der Waals surface area contributed by atoms with Gasteiger partial charge >= 0.3 is 6.16 Å². The van der Waals surface area contributed by atoms with Gasteiger partial charge < -0.3 is 19.3 Å². The largest absolute Gasteiger partial charge is 0.505 e. The molecule has 1 unspecified atom stereocenters. The molecule has 0 rings (SSSR count). The van der Waals surface area contributed by atoms with Gasteiger partial charge in [-0.15, -0.1) is 0 Å². The average Bonchev–Trinajstić information content (AvgIpc) is 2.27. The zero-order valence-corrected chi connectivity index (χ0v) is 10.1. The number of rotatable bonds is 10. The summed E-state index contributed by atoms with van der Waals surface area (Å²) in [6.45, 7) is 5.89. The molecule has 0 aromatic carbocycles. The van der Waals surface area contributed by atoms with E-state index in [1.54, 1.807) is 0 Å². The van der Waals surface area contributed by atoms with E-state index in [0.29, 0.717) is 13.2 Å². The molecule has 0 heterocycles. The van der Waals surface area contributed by atoms with E-state index in [9.17, 15) is 4.79 Å². The Morgan fingerprint density at radius 1 is 1.25 bits per heavy atom. The lowest BCUT2D eigenvalue weighted by molar-refractivity contribution is -0.0313. The van der Waals surface area contributed by atoms with Crippen molar-refractivity contribution in [3.8, 4) is 0 Å². The second kappa shape index (κ2) is 10.7. The molecule has 0 fully saturated rings. The molecule has 0 aliphatic carbocycles. The zero-order valence-electron chi connectivity index (χ0n) is 10.1. The van der Waals surface area contributed by atoms with E-state index in [-0.39, 0.29) is 12.7 Å². The molecule has 16 heavy (non-hydrogen) atoms. The fourth-order valence-corrected chi connectivity index (χ4v) is 1.07. The monoisotopic (exact) mass is 234 g/mol. The first-order valence-corrected chi connectivity index (χ1v) is 5.75. The van der Waals surface area contributed by atoms with Gasteiger partial charge in [0, 0.05) is 6.61 Å². The highest BCUT2D eigenvalue weighted by molar-refractivity contribution is 5.56. The van der Waals surface area contributed by atoms with Crippen LogP contribution in [0.25, 0.3) is 0 Å². The lowest BCUT2D eigenvalue weighted by Gasteiger charge is -2.15. The molecule has 0 aliphatic rings. The summed E-state index contributed by atoms with van der Waals surface area (Å²) in [4.78, 5) is 10.2. The van der Waals surface area contributed by atoms with Crippen LogP contribution in [-0.4, -0.2) is 43.8 Å². The Hall–Kier alpha value is -0.810. The van der Waals surface area contributed by atoms with Crippen LogP contribution >= 0.6 is 0 Å². The van der Waals surface area contributed by atoms with Crippen LogP contribution in [0.15, 0.2) is 0 Å². The molecule has 0 radical (unpaired) electrons. The maximum atomic E-state index is 10.2. The molecule has 0 aromatic rings. The third kappa shape index (κ3) is 9.73. The summed E-state index contributed by atoms with van der Waals surface area (Å²) < 4.78 is 15.2. The number of hydrogen-bond donors (Lipinski definition) is 1. The van der Waals surface area contributed by atoms with E-state index in [0.717, 1.165) is 25.9 Å². The highest BCUT2D eigenvalue weighted by Crippen LogP contribution is 1.99. The van der Waals surface area contributed by atoms with Gasteiger partial charge in [0.2, 0.25) is 0 Å². The molecule has 96 valence electrons. The molecule has 5 heteroatoms. The van der Waals surface area contributed by atoms with Crippen molar-refractivity contribution >= 4 is 6.16 Å². The second-order valence-electron chi connectivity index (χ2n) is 3.44. The number of carbonyl (C=O) groups is 1. The molecule has 0 spiro atoms. The standard InChI is InChI=1S/C11H22O5/c1-3-5-6-14-7-8-15-10(4-2)9-16-11(12)13/h10H,3-9H2,1-2H3,(H,12,13). The first-order valence-electron chi connectivity index (χ1n) is 5.75. The van der Waals surface area contributed by atoms with Gasteiger partial charge in [-0.05, 0) is 12.8 Å². The molecule has 0 saturated heterocycles. The zero-order chi connectivity index (χ0) is 12.2. The maximum absolute atomic E-state index is 10.2. The minimum atomic E-state index is -1.26. The van der Waals surface area contributed by atoms with Gasteiger partial charge in [-0.2, -0.15) is 0 Å². The van der Waals surface area contributed by atoms with Crippen molar-refractivity contribution in [1.29, 1.82) is 0 Å². The lowest BCUT2D eigenvalue weighted by atomic mass is 10.3. The Morgan fingerprint density at radius 3 is 2.56 bits per heavy atom. The maximum Gasteiger partial charge on any atom is 0.505 e. The van der Waals surface area contributed by atoms with Crippen LogP contribution in [0.3, 0.4) is 0 Å². The van der Waals surface area contributed by atoms with Gasteiger partial charge in [0.25, 0.3) is 0 Å². The predicted octanol–water partition coefficient (Wildman–Crippen LogP) is 2.29. The van der Waals surface area contributed by atoms with Crippen LogP contribution in [-0.2, 0) is 14.2 Å². The predicted molar refractivity (Wildman–Crippen MR) is 59.7 cm³/mol. The minimum absolute atomic E-state index is 0.0841. The van der Waals surface area contributed by atoms with Crippen molar-refractivity contribution in [1.82, 2.24) is 0 Å². The molecule has 0 aliphatic heterocycles. The van der Waals surface area contributed by atoms with Gasteiger partial charge in [0.15, 0.2) is 0 Å². The minimum Gasteiger partial charge on any atom is -0.450 e. The van der Waals surface area contributed by atoms with Crippen LogP contribution in [0, 0.1) is 0 Å². The fraction of sp³-hybridized carbons (Fsp3) is 0.909. The van der Waals surface area contributed by atoms with Crippen LogP contribution in [0.1, 0.15) is 33.1 Å². The molecule has 0 bridgehead atoms. The first-order chi connectivity index (χ1) is 7.70. The first kappa shape index (κ1) is 15.2. The van der Waals surface area contributed by atoms with Crippen LogP contribution in [0.4, 0.5) is 4.79 Å². The Kier molecular flexibility index (Phi) is 10.2. The van der Waals surface area contributed by atoms with E-state index in [2.05, 4.69) is 11.7 Å². The fourth-order valence-electron chi connectivity index (χ4n) is 1.07. The quantitative estimate of drug-likeness (QED) is 0.464. The summed E-state index contributed by atoms with van der Waals surface area (Å²) in [6.07, 6.45) is 1.46. The van der Waals surface area contributed by atoms with Crippen LogP contribution in [0.5, 0.6) is 0 Å². The number of unbranched alkanes of at least 4 members (excludes halogenated alkanes) is 1. The number of hydrogen-bond acceptors (Lipinski definition) is 4. The van der Waals surface area contributed by atoms with Gasteiger partial charge in [0.05, 0.1) is 19.3 Å². The highest BCUT2D eigenvalue weighted by Gasteiger charge is 2.09. The lowest BCUT2D eigenvalue weighted by Crippen LogP contribution is -2.22. The van der Waals surface area contributed by atoms with Gasteiger partial charge in [0.1, 0.15) is 6.61 Å². The molecular weight excluding hydrogens is 212 g/mol. The van der Waals surface area contributed by atoms with E-state index < -0.39 is 6.16 Å². The van der Waals surface area contributed by atoms with Crippen molar-refractivity contribution < 1.29 is 24.1 Å². The summed E-state index contributed by atoms with van der Waals surface area (Å²) in [6, 6.07) is 0. The van der Waals surface area contributed by atoms with E-state index >= 15 is 0 Å².